The van der Waals surface area contributed by atoms with Gasteiger partial charge in [-0.25, -0.2) is 0 Å². The second kappa shape index (κ2) is 7.25. The molecule has 1 heterocycles. The van der Waals surface area contributed by atoms with Gasteiger partial charge in [-0.15, -0.1) is 0 Å². The predicted octanol–water partition coefficient (Wildman–Crippen LogP) is 2.43. The van der Waals surface area contributed by atoms with Crippen LogP contribution in [0.1, 0.15) is 60.3 Å². The Morgan fingerprint density at radius 2 is 2.05 bits per heavy atom. The van der Waals surface area contributed by atoms with E-state index in [0.717, 1.165) is 25.7 Å². The number of carbonyl (C=O) groups is 2. The fraction of sp³-hybridized carbons (Fsp3) is 0.875. The third-order valence-corrected chi connectivity index (χ3v) is 3.91. The number of esters is 2. The summed E-state index contributed by atoms with van der Waals surface area (Å²) >= 11 is 0. The molecular weight excluding hydrogens is 270 g/mol. The van der Waals surface area contributed by atoms with Gasteiger partial charge in [-0.3, -0.25) is 14.9 Å². The molecule has 0 aromatic heterocycles. The lowest BCUT2D eigenvalue weighted by Gasteiger charge is -2.42. The van der Waals surface area contributed by atoms with Gasteiger partial charge in [0.15, 0.2) is 0 Å². The Kier molecular flexibility index (Phi) is 6.20. The molecule has 1 fully saturated rings. The maximum atomic E-state index is 12.1. The Labute approximate surface area is 127 Å². The van der Waals surface area contributed by atoms with Crippen molar-refractivity contribution < 1.29 is 19.1 Å². The SMILES string of the molecule is CCCCC(CC)C(=O)OCC1(C)COC(=O)C(C)(C)N1. The summed E-state index contributed by atoms with van der Waals surface area (Å²) in [6.07, 6.45) is 3.78. The molecule has 2 atom stereocenters. The molecule has 0 aromatic carbocycles. The number of cyclic esters (lactones) is 1. The van der Waals surface area contributed by atoms with Crippen LogP contribution in [-0.4, -0.2) is 36.2 Å². The van der Waals surface area contributed by atoms with Gasteiger partial charge in [-0.2, -0.15) is 0 Å². The fourth-order valence-corrected chi connectivity index (χ4v) is 2.61. The smallest absolute Gasteiger partial charge is 0.325 e. The summed E-state index contributed by atoms with van der Waals surface area (Å²) in [5.41, 5.74) is -1.29. The third kappa shape index (κ3) is 4.99. The predicted molar refractivity (Wildman–Crippen MR) is 80.8 cm³/mol. The normalized spacial score (nSPS) is 26.0. The maximum absolute atomic E-state index is 12.1. The van der Waals surface area contributed by atoms with Crippen molar-refractivity contribution in [3.63, 3.8) is 0 Å². The first-order valence-corrected chi connectivity index (χ1v) is 7.87. The molecule has 0 amide bonds. The summed E-state index contributed by atoms with van der Waals surface area (Å²) in [7, 11) is 0. The van der Waals surface area contributed by atoms with Crippen molar-refractivity contribution in [3.8, 4) is 0 Å². The van der Waals surface area contributed by atoms with E-state index in [-0.39, 0.29) is 31.1 Å². The monoisotopic (exact) mass is 299 g/mol. The first kappa shape index (κ1) is 18.0. The molecule has 0 radical (unpaired) electrons. The Bertz CT molecular complexity index is 380. The minimum atomic E-state index is -0.758. The largest absolute Gasteiger partial charge is 0.463 e. The Morgan fingerprint density at radius 1 is 1.38 bits per heavy atom. The Morgan fingerprint density at radius 3 is 2.57 bits per heavy atom. The number of rotatable bonds is 7. The van der Waals surface area contributed by atoms with Crippen LogP contribution in [0.15, 0.2) is 0 Å². The first-order chi connectivity index (χ1) is 9.74. The van der Waals surface area contributed by atoms with Gasteiger partial charge < -0.3 is 9.47 Å². The standard InChI is InChI=1S/C16H29NO4/c1-6-8-9-12(7-2)13(18)20-10-16(5)11-21-14(19)15(3,4)17-16/h12,17H,6-11H2,1-5H3. The fourth-order valence-electron chi connectivity index (χ4n) is 2.61. The zero-order chi connectivity index (χ0) is 16.1. The molecule has 1 aliphatic rings. The van der Waals surface area contributed by atoms with E-state index < -0.39 is 11.1 Å². The molecular formula is C16H29NO4. The van der Waals surface area contributed by atoms with E-state index in [0.29, 0.717) is 0 Å². The van der Waals surface area contributed by atoms with Gasteiger partial charge in [0.2, 0.25) is 0 Å². The average molecular weight is 299 g/mol. The van der Waals surface area contributed by atoms with Gasteiger partial charge in [0.05, 0.1) is 11.5 Å². The van der Waals surface area contributed by atoms with Crippen molar-refractivity contribution >= 4 is 11.9 Å². The second-order valence-corrected chi connectivity index (χ2v) is 6.74. The Hall–Kier alpha value is -1.10. The van der Waals surface area contributed by atoms with E-state index >= 15 is 0 Å². The molecule has 5 nitrogen and oxygen atoms in total. The number of carbonyl (C=O) groups excluding carboxylic acids is 2. The zero-order valence-electron chi connectivity index (χ0n) is 14.0. The van der Waals surface area contributed by atoms with Crippen molar-refractivity contribution in [2.45, 2.75) is 71.4 Å². The third-order valence-electron chi connectivity index (χ3n) is 3.91. The summed E-state index contributed by atoms with van der Waals surface area (Å²) < 4.78 is 10.7. The molecule has 0 aliphatic carbocycles. The van der Waals surface area contributed by atoms with Crippen molar-refractivity contribution in [2.75, 3.05) is 13.2 Å². The maximum Gasteiger partial charge on any atom is 0.325 e. The van der Waals surface area contributed by atoms with Crippen LogP contribution in [0, 0.1) is 5.92 Å². The quantitative estimate of drug-likeness (QED) is 0.731. The summed E-state index contributed by atoms with van der Waals surface area (Å²) in [4.78, 5) is 23.8. The average Bonchev–Trinajstić information content (AvgIpc) is 2.42. The van der Waals surface area contributed by atoms with Crippen LogP contribution in [0.25, 0.3) is 0 Å². The van der Waals surface area contributed by atoms with Gasteiger partial charge >= 0.3 is 11.9 Å². The molecule has 0 saturated carbocycles. The van der Waals surface area contributed by atoms with Crippen LogP contribution >= 0.6 is 0 Å². The highest BCUT2D eigenvalue weighted by Crippen LogP contribution is 2.22. The molecule has 122 valence electrons. The van der Waals surface area contributed by atoms with Gasteiger partial charge in [0, 0.05) is 0 Å². The molecule has 5 heteroatoms. The van der Waals surface area contributed by atoms with E-state index in [1.807, 2.05) is 13.8 Å². The molecule has 1 rings (SSSR count). The van der Waals surface area contributed by atoms with Crippen LogP contribution in [-0.2, 0) is 19.1 Å². The molecule has 0 aromatic rings. The van der Waals surface area contributed by atoms with E-state index in [4.69, 9.17) is 9.47 Å². The lowest BCUT2D eigenvalue weighted by Crippen LogP contribution is -2.66. The summed E-state index contributed by atoms with van der Waals surface area (Å²) in [5, 5.41) is 3.22. The highest BCUT2D eigenvalue weighted by Gasteiger charge is 2.44. The topological polar surface area (TPSA) is 64.6 Å². The van der Waals surface area contributed by atoms with Crippen LogP contribution < -0.4 is 5.32 Å². The molecule has 2 unspecified atom stereocenters. The number of hydrogen-bond acceptors (Lipinski definition) is 5. The van der Waals surface area contributed by atoms with Crippen molar-refractivity contribution in [2.24, 2.45) is 5.92 Å². The van der Waals surface area contributed by atoms with Gasteiger partial charge in [0.1, 0.15) is 18.8 Å². The van der Waals surface area contributed by atoms with E-state index in [1.54, 1.807) is 13.8 Å². The highest BCUT2D eigenvalue weighted by molar-refractivity contribution is 5.80. The van der Waals surface area contributed by atoms with Crippen LogP contribution in [0.5, 0.6) is 0 Å². The summed E-state index contributed by atoms with van der Waals surface area (Å²) in [6.45, 7) is 9.99. The number of morpholine rings is 1. The molecule has 0 spiro atoms. The van der Waals surface area contributed by atoms with Gasteiger partial charge in [-0.05, 0) is 33.6 Å². The summed E-state index contributed by atoms with van der Waals surface area (Å²) in [6, 6.07) is 0. The Balaban J connectivity index is 2.53. The molecule has 1 aliphatic heterocycles. The molecule has 1 N–H and O–H groups in total. The molecule has 21 heavy (non-hydrogen) atoms. The number of ether oxygens (including phenoxy) is 2. The van der Waals surface area contributed by atoms with Crippen LogP contribution in [0.3, 0.4) is 0 Å². The van der Waals surface area contributed by atoms with Crippen LogP contribution in [0.4, 0.5) is 0 Å². The lowest BCUT2D eigenvalue weighted by molar-refractivity contribution is -0.166. The first-order valence-electron chi connectivity index (χ1n) is 7.87. The van der Waals surface area contributed by atoms with Crippen LogP contribution in [0.2, 0.25) is 0 Å². The van der Waals surface area contributed by atoms with Gasteiger partial charge in [-0.1, -0.05) is 26.7 Å². The number of hydrogen-bond donors (Lipinski definition) is 1. The molecule has 1 saturated heterocycles. The second-order valence-electron chi connectivity index (χ2n) is 6.74. The van der Waals surface area contributed by atoms with Crippen molar-refractivity contribution in [1.29, 1.82) is 0 Å². The van der Waals surface area contributed by atoms with Gasteiger partial charge in [0.25, 0.3) is 0 Å². The number of nitrogens with one attached hydrogen (secondary N) is 1. The number of unbranched alkanes of at least 4 members (excludes halogenated alkanes) is 1. The minimum Gasteiger partial charge on any atom is -0.463 e. The van der Waals surface area contributed by atoms with E-state index in [9.17, 15) is 9.59 Å². The van der Waals surface area contributed by atoms with Crippen molar-refractivity contribution in [3.05, 3.63) is 0 Å². The molecule has 0 bridgehead atoms. The van der Waals surface area contributed by atoms with Crippen molar-refractivity contribution in [1.82, 2.24) is 5.32 Å². The van der Waals surface area contributed by atoms with E-state index in [2.05, 4.69) is 12.2 Å². The zero-order valence-corrected chi connectivity index (χ0v) is 14.0. The van der Waals surface area contributed by atoms with E-state index in [1.165, 1.54) is 0 Å². The summed E-state index contributed by atoms with van der Waals surface area (Å²) in [5.74, 6) is -0.461. The lowest BCUT2D eigenvalue weighted by atomic mass is 9.94. The highest BCUT2D eigenvalue weighted by atomic mass is 16.6. The minimum absolute atomic E-state index is 0.0345.